The Bertz CT molecular complexity index is 376. The van der Waals surface area contributed by atoms with Crippen LogP contribution in [0.3, 0.4) is 0 Å². The van der Waals surface area contributed by atoms with Gasteiger partial charge in [0.05, 0.1) is 7.11 Å². The number of esters is 1. The van der Waals surface area contributed by atoms with Crippen LogP contribution in [0.4, 0.5) is 8.78 Å². The van der Waals surface area contributed by atoms with Crippen LogP contribution in [-0.4, -0.2) is 19.1 Å². The molecule has 1 rings (SSSR count). The lowest BCUT2D eigenvalue weighted by Gasteiger charge is -2.12. The van der Waals surface area contributed by atoms with Crippen LogP contribution in [0.25, 0.3) is 0 Å². The molecule has 1 aromatic rings. The van der Waals surface area contributed by atoms with Gasteiger partial charge in [0.2, 0.25) is 0 Å². The maximum absolute atomic E-state index is 13.3. The van der Waals surface area contributed by atoms with Crippen LogP contribution in [0.15, 0.2) is 18.2 Å². The minimum absolute atomic E-state index is 0.0372. The van der Waals surface area contributed by atoms with Crippen molar-refractivity contribution in [3.05, 3.63) is 35.4 Å². The zero-order valence-corrected chi connectivity index (χ0v) is 9.58. The molecule has 1 aromatic carbocycles. The largest absolute Gasteiger partial charge is 0.469 e. The molecule has 0 fully saturated rings. The molecule has 0 radical (unpaired) electrons. The smallest absolute Gasteiger partial charge is 0.305 e. The Kier molecular flexibility index (Phi) is 5.03. The van der Waals surface area contributed by atoms with Crippen molar-refractivity contribution in [1.82, 2.24) is 0 Å². The number of carbonyl (C=O) groups is 1. The van der Waals surface area contributed by atoms with E-state index in [9.17, 15) is 13.6 Å². The highest BCUT2D eigenvalue weighted by molar-refractivity contribution is 5.69. The van der Waals surface area contributed by atoms with Crippen LogP contribution >= 0.6 is 0 Å². The van der Waals surface area contributed by atoms with Gasteiger partial charge in [0.15, 0.2) is 0 Å². The molecule has 1 atom stereocenters. The molecule has 0 bridgehead atoms. The minimum Gasteiger partial charge on any atom is -0.469 e. The average Bonchev–Trinajstić information content (AvgIpc) is 2.31. The highest BCUT2D eigenvalue weighted by atomic mass is 19.1. The van der Waals surface area contributed by atoms with Gasteiger partial charge in [-0.2, -0.15) is 0 Å². The maximum atomic E-state index is 13.3. The third-order valence-electron chi connectivity index (χ3n) is 2.47. The SMILES string of the molecule is COC(=O)CCC(N)Cc1c(F)cccc1F. The van der Waals surface area contributed by atoms with Crippen molar-refractivity contribution in [3.8, 4) is 0 Å². The summed E-state index contributed by atoms with van der Waals surface area (Å²) in [4.78, 5) is 10.9. The van der Waals surface area contributed by atoms with Crippen molar-refractivity contribution in [2.45, 2.75) is 25.3 Å². The van der Waals surface area contributed by atoms with Gasteiger partial charge in [-0.15, -0.1) is 0 Å². The summed E-state index contributed by atoms with van der Waals surface area (Å²) in [6.07, 6.45) is 0.545. The quantitative estimate of drug-likeness (QED) is 0.802. The number of halogens is 2. The number of methoxy groups -OCH3 is 1. The first kappa shape index (κ1) is 13.6. The summed E-state index contributed by atoms with van der Waals surface area (Å²) in [6.45, 7) is 0. The summed E-state index contributed by atoms with van der Waals surface area (Å²) >= 11 is 0. The molecule has 0 amide bonds. The molecule has 0 aliphatic carbocycles. The molecule has 0 aliphatic heterocycles. The standard InChI is InChI=1S/C12H15F2NO2/c1-17-12(16)6-5-8(15)7-9-10(13)3-2-4-11(9)14/h2-4,8H,5-7,15H2,1H3. The summed E-state index contributed by atoms with van der Waals surface area (Å²) in [7, 11) is 1.28. The zero-order chi connectivity index (χ0) is 12.8. The van der Waals surface area contributed by atoms with E-state index in [1.165, 1.54) is 25.3 Å². The number of nitrogens with two attached hydrogens (primary N) is 1. The van der Waals surface area contributed by atoms with Crippen LogP contribution in [0.1, 0.15) is 18.4 Å². The molecule has 0 spiro atoms. The fourth-order valence-corrected chi connectivity index (χ4v) is 1.50. The Hall–Kier alpha value is -1.49. The van der Waals surface area contributed by atoms with Crippen molar-refractivity contribution in [3.63, 3.8) is 0 Å². The fraction of sp³-hybridized carbons (Fsp3) is 0.417. The Morgan fingerprint density at radius 3 is 2.53 bits per heavy atom. The van der Waals surface area contributed by atoms with Crippen molar-refractivity contribution < 1.29 is 18.3 Å². The lowest BCUT2D eigenvalue weighted by atomic mass is 10.0. The Labute approximate surface area is 98.6 Å². The first-order chi connectivity index (χ1) is 8.04. The van der Waals surface area contributed by atoms with Gasteiger partial charge in [-0.05, 0) is 25.0 Å². The predicted molar refractivity (Wildman–Crippen MR) is 59.3 cm³/mol. The highest BCUT2D eigenvalue weighted by Gasteiger charge is 2.14. The van der Waals surface area contributed by atoms with Crippen molar-refractivity contribution in [2.75, 3.05) is 7.11 Å². The summed E-state index contributed by atoms with van der Waals surface area (Å²) < 4.78 is 31.0. The lowest BCUT2D eigenvalue weighted by Crippen LogP contribution is -2.25. The van der Waals surface area contributed by atoms with Crippen LogP contribution in [0.2, 0.25) is 0 Å². The molecule has 0 aromatic heterocycles. The van der Waals surface area contributed by atoms with Gasteiger partial charge >= 0.3 is 5.97 Å². The third-order valence-corrected chi connectivity index (χ3v) is 2.47. The second-order valence-electron chi connectivity index (χ2n) is 3.78. The van der Waals surface area contributed by atoms with E-state index in [1.807, 2.05) is 0 Å². The van der Waals surface area contributed by atoms with Gasteiger partial charge in [0.1, 0.15) is 11.6 Å². The Morgan fingerprint density at radius 1 is 1.41 bits per heavy atom. The average molecular weight is 243 g/mol. The number of ether oxygens (including phenoxy) is 1. The third kappa shape index (κ3) is 4.11. The molecular formula is C12H15F2NO2. The Balaban J connectivity index is 2.56. The Morgan fingerprint density at radius 2 is 2.00 bits per heavy atom. The lowest BCUT2D eigenvalue weighted by molar-refractivity contribution is -0.140. The molecule has 0 heterocycles. The van der Waals surface area contributed by atoms with E-state index < -0.39 is 17.7 Å². The summed E-state index contributed by atoms with van der Waals surface area (Å²) in [5.41, 5.74) is 5.67. The second kappa shape index (κ2) is 6.30. The monoisotopic (exact) mass is 243 g/mol. The van der Waals surface area contributed by atoms with Crippen LogP contribution in [-0.2, 0) is 16.0 Å². The molecule has 2 N–H and O–H groups in total. The minimum atomic E-state index is -0.612. The van der Waals surface area contributed by atoms with E-state index in [4.69, 9.17) is 5.73 Å². The fourth-order valence-electron chi connectivity index (χ4n) is 1.50. The van der Waals surface area contributed by atoms with Gasteiger partial charge in [-0.3, -0.25) is 4.79 Å². The molecule has 0 saturated carbocycles. The molecule has 3 nitrogen and oxygen atoms in total. The van der Waals surface area contributed by atoms with Crippen LogP contribution in [0, 0.1) is 11.6 Å². The molecule has 94 valence electrons. The van der Waals surface area contributed by atoms with Gasteiger partial charge in [-0.1, -0.05) is 6.07 Å². The van der Waals surface area contributed by atoms with E-state index in [0.717, 1.165) is 0 Å². The second-order valence-corrected chi connectivity index (χ2v) is 3.78. The van der Waals surface area contributed by atoms with E-state index in [2.05, 4.69) is 4.74 Å². The zero-order valence-electron chi connectivity index (χ0n) is 9.58. The first-order valence-corrected chi connectivity index (χ1v) is 5.30. The molecule has 0 saturated heterocycles. The van der Waals surface area contributed by atoms with Gasteiger partial charge in [-0.25, -0.2) is 8.78 Å². The predicted octanol–water partition coefficient (Wildman–Crippen LogP) is 1.79. The first-order valence-electron chi connectivity index (χ1n) is 5.30. The van der Waals surface area contributed by atoms with E-state index in [-0.39, 0.29) is 24.4 Å². The normalized spacial score (nSPS) is 12.2. The van der Waals surface area contributed by atoms with Gasteiger partial charge < -0.3 is 10.5 Å². The number of rotatable bonds is 5. The van der Waals surface area contributed by atoms with Crippen LogP contribution in [0.5, 0.6) is 0 Å². The maximum Gasteiger partial charge on any atom is 0.305 e. The summed E-state index contributed by atoms with van der Waals surface area (Å²) in [6, 6.07) is 3.20. The number of hydrogen-bond donors (Lipinski definition) is 1. The molecular weight excluding hydrogens is 228 g/mol. The number of hydrogen-bond acceptors (Lipinski definition) is 3. The summed E-state index contributed by atoms with van der Waals surface area (Å²) in [5, 5.41) is 0. The van der Waals surface area contributed by atoms with Crippen molar-refractivity contribution in [2.24, 2.45) is 5.73 Å². The summed E-state index contributed by atoms with van der Waals surface area (Å²) in [5.74, 6) is -1.61. The highest BCUT2D eigenvalue weighted by Crippen LogP contribution is 2.15. The van der Waals surface area contributed by atoms with Gasteiger partial charge in [0, 0.05) is 18.0 Å². The van der Waals surface area contributed by atoms with Crippen molar-refractivity contribution in [1.29, 1.82) is 0 Å². The van der Waals surface area contributed by atoms with Gasteiger partial charge in [0.25, 0.3) is 0 Å². The van der Waals surface area contributed by atoms with Crippen LogP contribution < -0.4 is 5.73 Å². The van der Waals surface area contributed by atoms with E-state index >= 15 is 0 Å². The molecule has 1 unspecified atom stereocenters. The topological polar surface area (TPSA) is 52.3 Å². The molecule has 5 heteroatoms. The number of benzene rings is 1. The van der Waals surface area contributed by atoms with Crippen molar-refractivity contribution >= 4 is 5.97 Å². The molecule has 17 heavy (non-hydrogen) atoms. The van der Waals surface area contributed by atoms with E-state index in [1.54, 1.807) is 0 Å². The molecule has 0 aliphatic rings. The van der Waals surface area contributed by atoms with E-state index in [0.29, 0.717) is 6.42 Å². The number of carbonyl (C=O) groups excluding carboxylic acids is 1.